The number of rotatable bonds is 6. The zero-order chi connectivity index (χ0) is 11.1. The maximum absolute atomic E-state index is 5.25. The maximum Gasteiger partial charge on any atom is 0.106 e. The fraction of sp³-hybridized carbons (Fsp3) is 0.545. The van der Waals surface area contributed by atoms with E-state index in [1.807, 2.05) is 25.1 Å². The number of nitrogens with zero attached hydrogens (tertiary/aromatic N) is 1. The third kappa shape index (κ3) is 4.73. The van der Waals surface area contributed by atoms with Gasteiger partial charge in [0.1, 0.15) is 4.60 Å². The fourth-order valence-corrected chi connectivity index (χ4v) is 1.62. The Morgan fingerprint density at radius 2 is 2.33 bits per heavy atom. The fourth-order valence-electron chi connectivity index (χ4n) is 1.26. The maximum atomic E-state index is 5.25. The van der Waals surface area contributed by atoms with E-state index in [1.165, 1.54) is 0 Å². The molecule has 0 aliphatic rings. The van der Waals surface area contributed by atoms with Gasteiger partial charge in [0.05, 0.1) is 12.3 Å². The Morgan fingerprint density at radius 3 is 3.00 bits per heavy atom. The summed E-state index contributed by atoms with van der Waals surface area (Å²) in [6.07, 6.45) is 0. The van der Waals surface area contributed by atoms with Crippen molar-refractivity contribution in [3.05, 3.63) is 28.5 Å². The van der Waals surface area contributed by atoms with Crippen molar-refractivity contribution in [1.82, 2.24) is 10.3 Å². The molecule has 0 spiro atoms. The summed E-state index contributed by atoms with van der Waals surface area (Å²) in [6, 6.07) is 6.19. The van der Waals surface area contributed by atoms with Crippen LogP contribution in [0.4, 0.5) is 0 Å². The molecule has 15 heavy (non-hydrogen) atoms. The Balaban J connectivity index is 2.36. The summed E-state index contributed by atoms with van der Waals surface area (Å²) >= 11 is 3.36. The van der Waals surface area contributed by atoms with E-state index >= 15 is 0 Å². The van der Waals surface area contributed by atoms with E-state index in [9.17, 15) is 0 Å². The third-order valence-electron chi connectivity index (χ3n) is 2.08. The first-order chi connectivity index (χ1) is 7.24. The molecule has 0 unspecified atom stereocenters. The Labute approximate surface area is 99.4 Å². The Hall–Kier alpha value is -0.450. The lowest BCUT2D eigenvalue weighted by Crippen LogP contribution is -2.24. The number of halogens is 1. The molecule has 3 nitrogen and oxygen atoms in total. The molecule has 4 heteroatoms. The Kier molecular flexibility index (Phi) is 5.83. The molecule has 0 saturated carbocycles. The van der Waals surface area contributed by atoms with Crippen molar-refractivity contribution < 1.29 is 4.74 Å². The lowest BCUT2D eigenvalue weighted by atomic mass is 10.2. The van der Waals surface area contributed by atoms with Crippen LogP contribution >= 0.6 is 15.9 Å². The minimum Gasteiger partial charge on any atom is -0.380 e. The van der Waals surface area contributed by atoms with Gasteiger partial charge in [0.25, 0.3) is 0 Å². The molecule has 1 N–H and O–H groups in total. The van der Waals surface area contributed by atoms with Gasteiger partial charge in [-0.25, -0.2) is 4.98 Å². The molecule has 1 heterocycles. The summed E-state index contributed by atoms with van der Waals surface area (Å²) in [5, 5.41) is 3.35. The summed E-state index contributed by atoms with van der Waals surface area (Å²) < 4.78 is 6.12. The SMILES string of the molecule is CCOCCN[C@H](C)c1cccc(Br)n1. The first kappa shape index (κ1) is 12.6. The van der Waals surface area contributed by atoms with Crippen LogP contribution in [0, 0.1) is 0 Å². The summed E-state index contributed by atoms with van der Waals surface area (Å²) in [4.78, 5) is 4.39. The highest BCUT2D eigenvalue weighted by Crippen LogP contribution is 2.12. The second kappa shape index (κ2) is 6.93. The smallest absolute Gasteiger partial charge is 0.106 e. The van der Waals surface area contributed by atoms with E-state index in [-0.39, 0.29) is 6.04 Å². The quantitative estimate of drug-likeness (QED) is 0.639. The van der Waals surface area contributed by atoms with Crippen LogP contribution in [0.25, 0.3) is 0 Å². The molecule has 0 aromatic carbocycles. The molecule has 1 atom stereocenters. The average Bonchev–Trinajstić information content (AvgIpc) is 2.24. The molecule has 0 aliphatic heterocycles. The third-order valence-corrected chi connectivity index (χ3v) is 2.52. The van der Waals surface area contributed by atoms with E-state index in [4.69, 9.17) is 4.74 Å². The van der Waals surface area contributed by atoms with Crippen molar-refractivity contribution in [2.45, 2.75) is 19.9 Å². The van der Waals surface area contributed by atoms with Gasteiger partial charge in [0.15, 0.2) is 0 Å². The topological polar surface area (TPSA) is 34.1 Å². The van der Waals surface area contributed by atoms with Crippen LogP contribution in [0.5, 0.6) is 0 Å². The van der Waals surface area contributed by atoms with Gasteiger partial charge in [0.2, 0.25) is 0 Å². The molecule has 84 valence electrons. The number of pyridine rings is 1. The van der Waals surface area contributed by atoms with Gasteiger partial charge in [-0.1, -0.05) is 6.07 Å². The Morgan fingerprint density at radius 1 is 1.53 bits per heavy atom. The average molecular weight is 273 g/mol. The standard InChI is InChI=1S/C11H17BrN2O/c1-3-15-8-7-13-9(2)10-5-4-6-11(12)14-10/h4-6,9,13H,3,7-8H2,1-2H3/t9-/m1/s1. The van der Waals surface area contributed by atoms with Crippen LogP contribution < -0.4 is 5.32 Å². The Bertz CT molecular complexity index is 294. The monoisotopic (exact) mass is 272 g/mol. The van der Waals surface area contributed by atoms with E-state index in [2.05, 4.69) is 33.2 Å². The molecule has 0 aliphatic carbocycles. The van der Waals surface area contributed by atoms with E-state index in [1.54, 1.807) is 0 Å². The minimum absolute atomic E-state index is 0.253. The second-order valence-corrected chi connectivity index (χ2v) is 4.07. The van der Waals surface area contributed by atoms with Crippen LogP contribution in [0.3, 0.4) is 0 Å². The molecule has 1 aromatic rings. The molecular weight excluding hydrogens is 256 g/mol. The number of aromatic nitrogens is 1. The predicted molar refractivity (Wildman–Crippen MR) is 64.8 cm³/mol. The highest BCUT2D eigenvalue weighted by Gasteiger charge is 2.05. The predicted octanol–water partition coefficient (Wildman–Crippen LogP) is 2.53. The summed E-state index contributed by atoms with van der Waals surface area (Å²) in [5.41, 5.74) is 1.04. The summed E-state index contributed by atoms with van der Waals surface area (Å²) in [5.74, 6) is 0. The molecule has 0 fully saturated rings. The summed E-state index contributed by atoms with van der Waals surface area (Å²) in [6.45, 7) is 6.46. The zero-order valence-corrected chi connectivity index (χ0v) is 10.8. The zero-order valence-electron chi connectivity index (χ0n) is 9.16. The number of ether oxygens (including phenoxy) is 1. The lowest BCUT2D eigenvalue weighted by Gasteiger charge is -2.13. The molecule has 0 amide bonds. The van der Waals surface area contributed by atoms with Gasteiger partial charge in [-0.3, -0.25) is 0 Å². The van der Waals surface area contributed by atoms with Crippen molar-refractivity contribution in [3.63, 3.8) is 0 Å². The minimum atomic E-state index is 0.253. The first-order valence-electron chi connectivity index (χ1n) is 5.17. The molecular formula is C11H17BrN2O. The van der Waals surface area contributed by atoms with Crippen LogP contribution in [0.2, 0.25) is 0 Å². The second-order valence-electron chi connectivity index (χ2n) is 3.26. The highest BCUT2D eigenvalue weighted by atomic mass is 79.9. The lowest BCUT2D eigenvalue weighted by molar-refractivity contribution is 0.147. The van der Waals surface area contributed by atoms with E-state index in [0.717, 1.165) is 30.1 Å². The van der Waals surface area contributed by atoms with Gasteiger partial charge >= 0.3 is 0 Å². The van der Waals surface area contributed by atoms with Gasteiger partial charge in [-0.2, -0.15) is 0 Å². The van der Waals surface area contributed by atoms with Crippen molar-refractivity contribution in [2.75, 3.05) is 19.8 Å². The largest absolute Gasteiger partial charge is 0.380 e. The van der Waals surface area contributed by atoms with Crippen molar-refractivity contribution in [1.29, 1.82) is 0 Å². The van der Waals surface area contributed by atoms with Gasteiger partial charge in [0, 0.05) is 19.2 Å². The van der Waals surface area contributed by atoms with Crippen molar-refractivity contribution in [2.24, 2.45) is 0 Å². The number of hydrogen-bond acceptors (Lipinski definition) is 3. The molecule has 0 radical (unpaired) electrons. The van der Waals surface area contributed by atoms with Gasteiger partial charge in [-0.15, -0.1) is 0 Å². The van der Waals surface area contributed by atoms with Crippen LogP contribution in [0.1, 0.15) is 25.6 Å². The van der Waals surface area contributed by atoms with E-state index in [0.29, 0.717) is 0 Å². The normalized spacial score (nSPS) is 12.7. The van der Waals surface area contributed by atoms with Crippen LogP contribution in [-0.4, -0.2) is 24.7 Å². The summed E-state index contributed by atoms with van der Waals surface area (Å²) in [7, 11) is 0. The van der Waals surface area contributed by atoms with Crippen LogP contribution in [-0.2, 0) is 4.74 Å². The highest BCUT2D eigenvalue weighted by molar-refractivity contribution is 9.10. The van der Waals surface area contributed by atoms with Crippen molar-refractivity contribution >= 4 is 15.9 Å². The number of hydrogen-bond donors (Lipinski definition) is 1. The molecule has 0 bridgehead atoms. The molecule has 0 saturated heterocycles. The van der Waals surface area contributed by atoms with Crippen molar-refractivity contribution in [3.8, 4) is 0 Å². The van der Waals surface area contributed by atoms with Gasteiger partial charge in [-0.05, 0) is 41.9 Å². The first-order valence-corrected chi connectivity index (χ1v) is 5.97. The molecule has 1 rings (SSSR count). The van der Waals surface area contributed by atoms with Gasteiger partial charge < -0.3 is 10.1 Å². The van der Waals surface area contributed by atoms with Crippen LogP contribution in [0.15, 0.2) is 22.8 Å². The molecule has 1 aromatic heterocycles. The number of nitrogens with one attached hydrogen (secondary N) is 1. The van der Waals surface area contributed by atoms with E-state index < -0.39 is 0 Å².